The van der Waals surface area contributed by atoms with Crippen LogP contribution in [-0.4, -0.2) is 85.9 Å². The van der Waals surface area contributed by atoms with E-state index in [2.05, 4.69) is 0 Å². The van der Waals surface area contributed by atoms with Crippen LogP contribution in [0.5, 0.6) is 0 Å². The van der Waals surface area contributed by atoms with Crippen LogP contribution in [0.2, 0.25) is 0 Å². The highest BCUT2D eigenvalue weighted by Crippen LogP contribution is 2.29. The smallest absolute Gasteiger partial charge is 0.264 e. The third-order valence-corrected chi connectivity index (χ3v) is 8.32. The first kappa shape index (κ1) is 25.8. The van der Waals surface area contributed by atoms with Crippen molar-refractivity contribution >= 4 is 22.0 Å². The number of morpholine rings is 2. The van der Waals surface area contributed by atoms with Gasteiger partial charge in [-0.25, -0.2) is 13.1 Å². The van der Waals surface area contributed by atoms with E-state index in [4.69, 9.17) is 14.6 Å². The number of para-hydroxylation sites is 1. The summed E-state index contributed by atoms with van der Waals surface area (Å²) in [6.07, 6.45) is 3.25. The first-order valence-corrected chi connectivity index (χ1v) is 13.7. The number of hydrogen-bond acceptors (Lipinski definition) is 7. The van der Waals surface area contributed by atoms with E-state index in [9.17, 15) is 18.5 Å². The lowest BCUT2D eigenvalue weighted by atomic mass is 10.1. The van der Waals surface area contributed by atoms with Crippen molar-refractivity contribution in [2.24, 2.45) is 0 Å². The van der Waals surface area contributed by atoms with Crippen LogP contribution in [-0.2, 0) is 24.3 Å². The Hall–Kier alpha value is -3.82. The van der Waals surface area contributed by atoms with Crippen molar-refractivity contribution in [3.05, 3.63) is 71.9 Å². The average Bonchev–Trinajstić information content (AvgIpc) is 3.41. The number of carbonyl (C=O) groups is 1. The quantitative estimate of drug-likeness (QED) is 0.353. The van der Waals surface area contributed by atoms with Gasteiger partial charge in [0.15, 0.2) is 0 Å². The van der Waals surface area contributed by atoms with Crippen molar-refractivity contribution in [2.75, 3.05) is 52.6 Å². The molecule has 0 saturated carbocycles. The van der Waals surface area contributed by atoms with E-state index in [0.29, 0.717) is 69.4 Å². The Morgan fingerprint density at radius 3 is 2.32 bits per heavy atom. The SMILES string of the molecule is N#CC(=Cc1cn(-c2ccccc2)nc1-c1cccc(S(=O)(=O)N2CCOCC2)c1)C(=O)N1CCOCC1. The molecule has 2 aliphatic heterocycles. The Morgan fingerprint density at radius 2 is 1.63 bits per heavy atom. The second kappa shape index (κ2) is 11.3. The second-order valence-electron chi connectivity index (χ2n) is 8.83. The number of benzene rings is 2. The summed E-state index contributed by atoms with van der Waals surface area (Å²) in [7, 11) is -3.73. The zero-order valence-electron chi connectivity index (χ0n) is 20.7. The molecular formula is C27H27N5O5S. The van der Waals surface area contributed by atoms with E-state index < -0.39 is 10.0 Å². The minimum atomic E-state index is -3.73. The molecule has 0 aliphatic carbocycles. The summed E-state index contributed by atoms with van der Waals surface area (Å²) in [6, 6.07) is 18.0. The van der Waals surface area contributed by atoms with E-state index in [1.54, 1.807) is 40.0 Å². The molecule has 3 heterocycles. The van der Waals surface area contributed by atoms with Crippen LogP contribution in [0.25, 0.3) is 23.0 Å². The third kappa shape index (κ3) is 5.39. The molecule has 196 valence electrons. The van der Waals surface area contributed by atoms with Gasteiger partial charge in [-0.1, -0.05) is 30.3 Å². The molecule has 2 saturated heterocycles. The first-order chi connectivity index (χ1) is 18.5. The number of nitriles is 1. The van der Waals surface area contributed by atoms with Gasteiger partial charge in [-0.3, -0.25) is 4.79 Å². The molecule has 38 heavy (non-hydrogen) atoms. The van der Waals surface area contributed by atoms with Crippen LogP contribution >= 0.6 is 0 Å². The third-order valence-electron chi connectivity index (χ3n) is 6.43. The first-order valence-electron chi connectivity index (χ1n) is 12.3. The van der Waals surface area contributed by atoms with Crippen LogP contribution in [0.1, 0.15) is 5.56 Å². The lowest BCUT2D eigenvalue weighted by Crippen LogP contribution is -2.41. The van der Waals surface area contributed by atoms with Gasteiger partial charge in [-0.15, -0.1) is 0 Å². The molecule has 1 amide bonds. The number of rotatable bonds is 6. The molecule has 0 spiro atoms. The standard InChI is InChI=1S/C27H27N5O5S/c28-19-22(27(33)30-9-13-36-14-10-30)17-23-20-32(24-6-2-1-3-7-24)29-26(23)21-5-4-8-25(18-21)38(34,35)31-11-15-37-16-12-31/h1-8,17-18,20H,9-16H2. The summed E-state index contributed by atoms with van der Waals surface area (Å²) >= 11 is 0. The van der Waals surface area contributed by atoms with Gasteiger partial charge in [-0.2, -0.15) is 14.7 Å². The monoisotopic (exact) mass is 533 g/mol. The average molecular weight is 534 g/mol. The van der Waals surface area contributed by atoms with Crippen LogP contribution in [0, 0.1) is 11.3 Å². The number of nitrogens with zero attached hydrogens (tertiary/aromatic N) is 5. The number of sulfonamides is 1. The topological polar surface area (TPSA) is 118 Å². The molecular weight excluding hydrogens is 506 g/mol. The number of ether oxygens (including phenoxy) is 2. The Morgan fingerprint density at radius 1 is 0.947 bits per heavy atom. The zero-order chi connectivity index (χ0) is 26.5. The Bertz CT molecular complexity index is 1480. The predicted molar refractivity (Wildman–Crippen MR) is 140 cm³/mol. The summed E-state index contributed by atoms with van der Waals surface area (Å²) in [5.74, 6) is -0.377. The van der Waals surface area contributed by atoms with Crippen LogP contribution < -0.4 is 0 Å². The van der Waals surface area contributed by atoms with Crippen molar-refractivity contribution < 1.29 is 22.7 Å². The Balaban J connectivity index is 1.57. The maximum atomic E-state index is 13.3. The second-order valence-corrected chi connectivity index (χ2v) is 10.8. The fourth-order valence-corrected chi connectivity index (χ4v) is 5.86. The number of aromatic nitrogens is 2. The van der Waals surface area contributed by atoms with Crippen molar-refractivity contribution in [2.45, 2.75) is 4.90 Å². The molecule has 1 aromatic heterocycles. The van der Waals surface area contributed by atoms with Gasteiger partial charge < -0.3 is 14.4 Å². The fourth-order valence-electron chi connectivity index (χ4n) is 4.40. The van der Waals surface area contributed by atoms with E-state index in [1.165, 1.54) is 10.4 Å². The van der Waals surface area contributed by atoms with Gasteiger partial charge in [0.25, 0.3) is 5.91 Å². The largest absolute Gasteiger partial charge is 0.379 e. The van der Waals surface area contributed by atoms with Crippen LogP contribution in [0.3, 0.4) is 0 Å². The maximum absolute atomic E-state index is 13.3. The summed E-state index contributed by atoms with van der Waals surface area (Å²) in [6.45, 7) is 2.95. The number of amides is 1. The lowest BCUT2D eigenvalue weighted by molar-refractivity contribution is -0.130. The van der Waals surface area contributed by atoms with Crippen molar-refractivity contribution in [3.8, 4) is 23.0 Å². The highest BCUT2D eigenvalue weighted by atomic mass is 32.2. The molecule has 11 heteroatoms. The van der Waals surface area contributed by atoms with Crippen LogP contribution in [0.15, 0.2) is 71.3 Å². The highest BCUT2D eigenvalue weighted by molar-refractivity contribution is 7.89. The molecule has 2 aliphatic rings. The lowest BCUT2D eigenvalue weighted by Gasteiger charge is -2.26. The molecule has 0 N–H and O–H groups in total. The molecule has 0 bridgehead atoms. The summed E-state index contributed by atoms with van der Waals surface area (Å²) in [5.41, 5.74) is 2.28. The van der Waals surface area contributed by atoms with Gasteiger partial charge in [0.05, 0.1) is 37.0 Å². The van der Waals surface area contributed by atoms with Crippen LogP contribution in [0.4, 0.5) is 0 Å². The Labute approximate surface area is 221 Å². The van der Waals surface area contributed by atoms with Gasteiger partial charge in [0, 0.05) is 43.5 Å². The van der Waals surface area contributed by atoms with Crippen molar-refractivity contribution in [3.63, 3.8) is 0 Å². The molecule has 0 atom stereocenters. The fraction of sp³-hybridized carbons (Fsp3) is 0.296. The molecule has 5 rings (SSSR count). The molecule has 3 aromatic rings. The van der Waals surface area contributed by atoms with Crippen molar-refractivity contribution in [1.29, 1.82) is 5.26 Å². The van der Waals surface area contributed by atoms with E-state index in [-0.39, 0.29) is 16.4 Å². The van der Waals surface area contributed by atoms with Gasteiger partial charge in [-0.05, 0) is 30.3 Å². The van der Waals surface area contributed by atoms with E-state index in [0.717, 1.165) is 5.69 Å². The molecule has 0 unspecified atom stereocenters. The molecule has 0 radical (unpaired) electrons. The van der Waals surface area contributed by atoms with Crippen molar-refractivity contribution in [1.82, 2.24) is 19.0 Å². The summed E-state index contributed by atoms with van der Waals surface area (Å²) in [5, 5.41) is 14.6. The minimum absolute atomic E-state index is 0.0298. The minimum Gasteiger partial charge on any atom is -0.379 e. The predicted octanol–water partition coefficient (Wildman–Crippen LogP) is 2.33. The maximum Gasteiger partial charge on any atom is 0.264 e. The van der Waals surface area contributed by atoms with Gasteiger partial charge in [0.1, 0.15) is 17.3 Å². The van der Waals surface area contributed by atoms with E-state index >= 15 is 0 Å². The summed E-state index contributed by atoms with van der Waals surface area (Å²) < 4.78 is 40.3. The zero-order valence-corrected chi connectivity index (χ0v) is 21.5. The Kier molecular flexibility index (Phi) is 7.67. The molecule has 10 nitrogen and oxygen atoms in total. The van der Waals surface area contributed by atoms with Gasteiger partial charge >= 0.3 is 0 Å². The summed E-state index contributed by atoms with van der Waals surface area (Å²) in [4.78, 5) is 14.8. The number of hydrogen-bond donors (Lipinski definition) is 0. The normalized spacial score (nSPS) is 17.2. The molecule has 2 aromatic carbocycles. The van der Waals surface area contributed by atoms with Gasteiger partial charge in [0.2, 0.25) is 10.0 Å². The molecule has 2 fully saturated rings. The highest BCUT2D eigenvalue weighted by Gasteiger charge is 2.27. The van der Waals surface area contributed by atoms with E-state index in [1.807, 2.05) is 36.4 Å². The number of carbonyl (C=O) groups excluding carboxylic acids is 1.